The van der Waals surface area contributed by atoms with Crippen molar-refractivity contribution in [3.05, 3.63) is 97.2 Å². The minimum Gasteiger partial charge on any atom is -0.456 e. The first kappa shape index (κ1) is 81.9. The summed E-state index contributed by atoms with van der Waals surface area (Å²) in [5.74, 6) is -0.519. The van der Waals surface area contributed by atoms with Gasteiger partial charge in [0.15, 0.2) is 0 Å². The molecule has 0 saturated carbocycles. The maximum Gasteiger partial charge on any atom is 0.472 e. The predicted octanol–water partition coefficient (Wildman–Crippen LogP) is 22.7. The van der Waals surface area contributed by atoms with Gasteiger partial charge in [-0.2, -0.15) is 0 Å². The molecule has 0 aliphatic carbocycles. The molecule has 0 rings (SSSR count). The summed E-state index contributed by atoms with van der Waals surface area (Å²) in [7, 11) is 1.48. The van der Waals surface area contributed by atoms with Crippen molar-refractivity contribution in [3.8, 4) is 0 Å². The molecule has 3 atom stereocenters. The standard InChI is InChI=1S/C75H135N2O7P/c1-7-10-13-16-19-22-25-28-30-32-34-35-36-37-38-39-40-41-43-45-47-50-53-56-59-62-65-68-75(79)84-73(66-63-60-57-54-51-48-27-24-21-18-15-12-9-3)72(71-83-85(80,81)82-70-69-77(4,5)6)76-74(78)67-64-61-58-55-52-49-46-44-42-33-31-29-26-23-20-17-14-11-8-2/h19-20,22-23,28-31,34-35,37-38,42,44,63,66,72-73H,7-18,21,24-27,32-33,36,39-41,43,45-62,64-65,67-71H2,1-6H3,(H-,76,78,80,81)/p+1/b22-19-,23-20-,30-28-,31-29-,35-34-,38-37-,44-42-,66-63-. The average Bonchev–Trinajstić information content (AvgIpc) is 3.50. The van der Waals surface area contributed by atoms with Crippen molar-refractivity contribution in [2.24, 2.45) is 0 Å². The number of amides is 1. The number of likely N-dealkylation sites (N-methyl/N-ethyl adjacent to an activating group) is 1. The first-order chi connectivity index (χ1) is 41.4. The van der Waals surface area contributed by atoms with Gasteiger partial charge in [-0.05, 0) is 115 Å². The SMILES string of the molecule is CCCCC/C=C\C/C=C\C/C=C\C/C=C\CCCCCCCCCCCCCC(=O)OC(/C=C\CCCCCCCCCCCCC)C(COP(=O)(O)OCC[N+](C)(C)C)NC(=O)CCCCCCCC/C=C\C/C=C\C/C=C\CCCCC. The topological polar surface area (TPSA) is 111 Å². The highest BCUT2D eigenvalue weighted by Gasteiger charge is 2.30. The number of phosphoric ester groups is 1. The highest BCUT2D eigenvalue weighted by molar-refractivity contribution is 7.47. The lowest BCUT2D eigenvalue weighted by Gasteiger charge is -2.27. The Balaban J connectivity index is 5.12. The van der Waals surface area contributed by atoms with Crippen molar-refractivity contribution in [2.75, 3.05) is 40.9 Å². The van der Waals surface area contributed by atoms with Crippen LogP contribution in [0.1, 0.15) is 316 Å². The molecule has 2 N–H and O–H groups in total. The number of hydrogen-bond acceptors (Lipinski definition) is 6. The summed E-state index contributed by atoms with van der Waals surface area (Å²) in [4.78, 5) is 37.9. The van der Waals surface area contributed by atoms with Crippen molar-refractivity contribution >= 4 is 19.7 Å². The first-order valence-corrected chi connectivity index (χ1v) is 37.1. The van der Waals surface area contributed by atoms with Crippen LogP contribution in [0.5, 0.6) is 0 Å². The van der Waals surface area contributed by atoms with Gasteiger partial charge in [0.25, 0.3) is 0 Å². The molecule has 9 nitrogen and oxygen atoms in total. The number of hydrogen-bond donors (Lipinski definition) is 2. The maximum absolute atomic E-state index is 13.6. The molecule has 85 heavy (non-hydrogen) atoms. The third-order valence-corrected chi connectivity index (χ3v) is 16.5. The zero-order chi connectivity index (χ0) is 62.1. The summed E-state index contributed by atoms with van der Waals surface area (Å²) >= 11 is 0. The highest BCUT2D eigenvalue weighted by atomic mass is 31.2. The van der Waals surface area contributed by atoms with Gasteiger partial charge in [-0.25, -0.2) is 4.57 Å². The third-order valence-electron chi connectivity index (χ3n) is 15.5. The van der Waals surface area contributed by atoms with Crippen LogP contribution >= 0.6 is 7.82 Å². The van der Waals surface area contributed by atoms with Gasteiger partial charge in [0.1, 0.15) is 19.3 Å². The summed E-state index contributed by atoms with van der Waals surface area (Å²) in [6.07, 6.45) is 86.9. The third kappa shape index (κ3) is 65.2. The fraction of sp³-hybridized carbons (Fsp3) is 0.760. The second kappa shape index (κ2) is 63.9. The average molecular weight is 1210 g/mol. The Kier molecular flexibility index (Phi) is 61.6. The van der Waals surface area contributed by atoms with Crippen molar-refractivity contribution in [2.45, 2.75) is 328 Å². The van der Waals surface area contributed by atoms with Gasteiger partial charge < -0.3 is 19.4 Å². The van der Waals surface area contributed by atoms with Gasteiger partial charge in [-0.15, -0.1) is 0 Å². The van der Waals surface area contributed by atoms with Crippen LogP contribution in [-0.4, -0.2) is 74.3 Å². The number of unbranched alkanes of at least 4 members (excludes halogenated alkanes) is 34. The molecule has 0 aromatic rings. The quantitative estimate of drug-likeness (QED) is 0.0205. The molecular weight excluding hydrogens is 1070 g/mol. The van der Waals surface area contributed by atoms with E-state index in [0.717, 1.165) is 103 Å². The fourth-order valence-corrected chi connectivity index (χ4v) is 10.7. The van der Waals surface area contributed by atoms with E-state index in [-0.39, 0.29) is 31.5 Å². The molecular formula is C75H136N2O7P+. The van der Waals surface area contributed by atoms with E-state index in [4.69, 9.17) is 13.8 Å². The van der Waals surface area contributed by atoms with Crippen molar-refractivity contribution in [1.29, 1.82) is 0 Å². The Morgan fingerprint density at radius 3 is 1.09 bits per heavy atom. The van der Waals surface area contributed by atoms with E-state index in [1.54, 1.807) is 0 Å². The van der Waals surface area contributed by atoms with Gasteiger partial charge in [-0.1, -0.05) is 285 Å². The predicted molar refractivity (Wildman–Crippen MR) is 369 cm³/mol. The number of nitrogens with one attached hydrogen (secondary N) is 1. The van der Waals surface area contributed by atoms with Crippen LogP contribution in [0.4, 0.5) is 0 Å². The summed E-state index contributed by atoms with van der Waals surface area (Å²) < 4.78 is 30.8. The fourth-order valence-electron chi connectivity index (χ4n) is 9.99. The van der Waals surface area contributed by atoms with E-state index in [9.17, 15) is 19.0 Å². The Hall–Kier alpha value is -3.07. The van der Waals surface area contributed by atoms with Crippen LogP contribution in [0.3, 0.4) is 0 Å². The number of allylic oxidation sites excluding steroid dienone is 15. The highest BCUT2D eigenvalue weighted by Crippen LogP contribution is 2.43. The number of quaternary nitrogens is 1. The van der Waals surface area contributed by atoms with Crippen LogP contribution in [0.25, 0.3) is 0 Å². The van der Waals surface area contributed by atoms with E-state index in [0.29, 0.717) is 17.4 Å². The molecule has 0 spiro atoms. The van der Waals surface area contributed by atoms with Crippen molar-refractivity contribution in [1.82, 2.24) is 5.32 Å². The minimum absolute atomic E-state index is 0.0335. The van der Waals surface area contributed by atoms with Crippen LogP contribution in [0.15, 0.2) is 97.2 Å². The number of esters is 1. The van der Waals surface area contributed by atoms with Gasteiger partial charge in [0.2, 0.25) is 5.91 Å². The van der Waals surface area contributed by atoms with Crippen LogP contribution in [0.2, 0.25) is 0 Å². The zero-order valence-electron chi connectivity index (χ0n) is 56.3. The van der Waals surface area contributed by atoms with Crippen LogP contribution < -0.4 is 5.32 Å². The lowest BCUT2D eigenvalue weighted by atomic mass is 10.0. The molecule has 0 aromatic carbocycles. The second-order valence-electron chi connectivity index (χ2n) is 25.0. The number of rotatable bonds is 64. The summed E-state index contributed by atoms with van der Waals surface area (Å²) in [5.41, 5.74) is 0. The first-order valence-electron chi connectivity index (χ1n) is 35.6. The minimum atomic E-state index is -4.46. The van der Waals surface area contributed by atoms with Gasteiger partial charge in [-0.3, -0.25) is 18.6 Å². The lowest BCUT2D eigenvalue weighted by Crippen LogP contribution is -2.47. The second-order valence-corrected chi connectivity index (χ2v) is 26.5. The van der Waals surface area contributed by atoms with E-state index in [1.807, 2.05) is 33.3 Å². The monoisotopic (exact) mass is 1210 g/mol. The molecule has 0 radical (unpaired) electrons. The number of nitrogens with zero attached hydrogens (tertiary/aromatic N) is 1. The van der Waals surface area contributed by atoms with E-state index in [2.05, 4.69) is 111 Å². The Morgan fingerprint density at radius 1 is 0.412 bits per heavy atom. The molecule has 0 bridgehead atoms. The zero-order valence-corrected chi connectivity index (χ0v) is 57.2. The van der Waals surface area contributed by atoms with E-state index < -0.39 is 20.0 Å². The summed E-state index contributed by atoms with van der Waals surface area (Å²) in [5, 5.41) is 3.06. The molecule has 10 heteroatoms. The Labute approximate surface area is 526 Å². The molecule has 0 aliphatic rings. The molecule has 0 aliphatic heterocycles. The van der Waals surface area contributed by atoms with E-state index in [1.165, 1.54) is 180 Å². The normalized spacial score (nSPS) is 14.1. The number of carbonyl (C=O) groups excluding carboxylic acids is 2. The van der Waals surface area contributed by atoms with Gasteiger partial charge in [0.05, 0.1) is 33.8 Å². The Morgan fingerprint density at radius 2 is 0.718 bits per heavy atom. The van der Waals surface area contributed by atoms with E-state index >= 15 is 0 Å². The molecule has 0 saturated heterocycles. The molecule has 1 amide bonds. The van der Waals surface area contributed by atoms with Crippen molar-refractivity contribution in [3.63, 3.8) is 0 Å². The lowest BCUT2D eigenvalue weighted by molar-refractivity contribution is -0.870. The largest absolute Gasteiger partial charge is 0.472 e. The summed E-state index contributed by atoms with van der Waals surface area (Å²) in [6, 6.07) is -0.863. The summed E-state index contributed by atoms with van der Waals surface area (Å²) in [6.45, 7) is 6.97. The molecule has 0 fully saturated rings. The van der Waals surface area contributed by atoms with Gasteiger partial charge in [0, 0.05) is 12.8 Å². The Bertz CT molecular complexity index is 1780. The van der Waals surface area contributed by atoms with Crippen molar-refractivity contribution < 1.29 is 37.3 Å². The molecule has 0 aromatic heterocycles. The number of carbonyl (C=O) groups is 2. The van der Waals surface area contributed by atoms with Gasteiger partial charge >= 0.3 is 13.8 Å². The smallest absolute Gasteiger partial charge is 0.456 e. The molecule has 492 valence electrons. The number of phosphoric acid groups is 1. The maximum atomic E-state index is 13.6. The van der Waals surface area contributed by atoms with Crippen LogP contribution in [-0.2, 0) is 27.9 Å². The molecule has 0 heterocycles. The number of ether oxygens (including phenoxy) is 1. The molecule has 3 unspecified atom stereocenters. The van der Waals surface area contributed by atoms with Crippen LogP contribution in [0, 0.1) is 0 Å².